The Labute approximate surface area is 105 Å². The molecule has 1 aliphatic rings. The van der Waals surface area contributed by atoms with Gasteiger partial charge in [-0.15, -0.1) is 0 Å². The van der Waals surface area contributed by atoms with Crippen molar-refractivity contribution >= 4 is 22.7 Å². The Morgan fingerprint density at radius 1 is 1.29 bits per heavy atom. The molecule has 2 unspecified atom stereocenters. The fourth-order valence-corrected chi connectivity index (χ4v) is 3.63. The largest absolute Gasteiger partial charge is 0.392 e. The van der Waals surface area contributed by atoms with E-state index in [-0.39, 0.29) is 6.10 Å². The van der Waals surface area contributed by atoms with Crippen LogP contribution in [0.3, 0.4) is 0 Å². The molecule has 1 aromatic heterocycles. The molecule has 0 radical (unpaired) electrons. The number of fused-ring (bicyclic) bond motifs is 1. The highest BCUT2D eigenvalue weighted by atomic mass is 32.2. The van der Waals surface area contributed by atoms with Crippen LogP contribution in [0.15, 0.2) is 36.5 Å². The number of aromatic nitrogens is 1. The molecular weight excluding hydrogens is 230 g/mol. The molecule has 17 heavy (non-hydrogen) atoms. The summed E-state index contributed by atoms with van der Waals surface area (Å²) < 4.78 is 0. The van der Waals surface area contributed by atoms with Gasteiger partial charge in [-0.1, -0.05) is 12.1 Å². The topological polar surface area (TPSA) is 33.1 Å². The van der Waals surface area contributed by atoms with E-state index in [2.05, 4.69) is 29.2 Å². The number of thioether (sulfide) groups is 1. The SMILES string of the molecule is OC1CSCC1Cc1ccc2ncccc2c1. The summed E-state index contributed by atoms with van der Waals surface area (Å²) in [4.78, 5) is 4.32. The van der Waals surface area contributed by atoms with Gasteiger partial charge in [0.2, 0.25) is 0 Å². The maximum Gasteiger partial charge on any atom is 0.0702 e. The minimum atomic E-state index is -0.135. The summed E-state index contributed by atoms with van der Waals surface area (Å²) in [6.45, 7) is 0. The maximum absolute atomic E-state index is 9.83. The van der Waals surface area contributed by atoms with Crippen LogP contribution < -0.4 is 0 Å². The van der Waals surface area contributed by atoms with E-state index in [9.17, 15) is 5.11 Å². The predicted molar refractivity (Wildman–Crippen MR) is 72.3 cm³/mol. The summed E-state index contributed by atoms with van der Waals surface area (Å²) in [5, 5.41) is 11.0. The van der Waals surface area contributed by atoms with Crippen LogP contribution in [0, 0.1) is 5.92 Å². The Bertz CT molecular complexity index is 528. The van der Waals surface area contributed by atoms with Crippen LogP contribution in [0.2, 0.25) is 0 Å². The third-order valence-electron chi connectivity index (χ3n) is 3.33. The second-order valence-electron chi connectivity index (χ2n) is 4.60. The van der Waals surface area contributed by atoms with Gasteiger partial charge in [0.15, 0.2) is 0 Å². The second-order valence-corrected chi connectivity index (χ2v) is 5.67. The molecule has 3 rings (SSSR count). The molecule has 2 heterocycles. The number of benzene rings is 1. The van der Waals surface area contributed by atoms with Gasteiger partial charge in [-0.05, 0) is 41.9 Å². The molecule has 2 nitrogen and oxygen atoms in total. The van der Waals surface area contributed by atoms with Crippen molar-refractivity contribution in [3.63, 3.8) is 0 Å². The fraction of sp³-hybridized carbons (Fsp3) is 0.357. The summed E-state index contributed by atoms with van der Waals surface area (Å²) in [6, 6.07) is 10.4. The zero-order valence-corrected chi connectivity index (χ0v) is 10.4. The van der Waals surface area contributed by atoms with E-state index in [1.807, 2.05) is 24.0 Å². The van der Waals surface area contributed by atoms with E-state index < -0.39 is 0 Å². The molecule has 2 atom stereocenters. The van der Waals surface area contributed by atoms with Gasteiger partial charge >= 0.3 is 0 Å². The van der Waals surface area contributed by atoms with Crippen molar-refractivity contribution in [1.29, 1.82) is 0 Å². The summed E-state index contributed by atoms with van der Waals surface area (Å²) in [5.74, 6) is 2.38. The van der Waals surface area contributed by atoms with E-state index in [0.29, 0.717) is 5.92 Å². The Balaban J connectivity index is 1.85. The first-order valence-electron chi connectivity index (χ1n) is 5.92. The maximum atomic E-state index is 9.83. The molecule has 1 saturated heterocycles. The van der Waals surface area contributed by atoms with Crippen molar-refractivity contribution < 1.29 is 5.11 Å². The first kappa shape index (κ1) is 11.1. The van der Waals surface area contributed by atoms with Crippen LogP contribution in [0.4, 0.5) is 0 Å². The van der Waals surface area contributed by atoms with E-state index in [0.717, 1.165) is 23.4 Å². The number of aliphatic hydroxyl groups excluding tert-OH is 1. The third kappa shape index (κ3) is 2.31. The summed E-state index contributed by atoms with van der Waals surface area (Å²) in [5.41, 5.74) is 2.34. The lowest BCUT2D eigenvalue weighted by Crippen LogP contribution is -2.19. The van der Waals surface area contributed by atoms with E-state index in [1.54, 1.807) is 0 Å². The van der Waals surface area contributed by atoms with Gasteiger partial charge in [0.05, 0.1) is 11.6 Å². The Morgan fingerprint density at radius 3 is 3.06 bits per heavy atom. The third-order valence-corrected chi connectivity index (χ3v) is 4.57. The Kier molecular flexibility index (Phi) is 3.04. The molecule has 1 aromatic carbocycles. The van der Waals surface area contributed by atoms with Crippen LogP contribution in [0.25, 0.3) is 10.9 Å². The second kappa shape index (κ2) is 4.67. The zero-order chi connectivity index (χ0) is 11.7. The first-order chi connectivity index (χ1) is 8.33. The summed E-state index contributed by atoms with van der Waals surface area (Å²) >= 11 is 1.85. The van der Waals surface area contributed by atoms with Crippen LogP contribution in [-0.2, 0) is 6.42 Å². The molecular formula is C14H15NOS. The van der Waals surface area contributed by atoms with Gasteiger partial charge in [-0.25, -0.2) is 0 Å². The minimum Gasteiger partial charge on any atom is -0.392 e. The predicted octanol–water partition coefficient (Wildman–Crippen LogP) is 2.50. The molecule has 0 saturated carbocycles. The van der Waals surface area contributed by atoms with Crippen molar-refractivity contribution in [2.45, 2.75) is 12.5 Å². The standard InChI is InChI=1S/C14H15NOS/c16-14-9-17-8-12(14)7-10-3-4-13-11(6-10)2-1-5-15-13/h1-6,12,14,16H,7-9H2. The van der Waals surface area contributed by atoms with Crippen molar-refractivity contribution in [1.82, 2.24) is 4.98 Å². The highest BCUT2D eigenvalue weighted by Crippen LogP contribution is 2.28. The van der Waals surface area contributed by atoms with E-state index in [1.165, 1.54) is 10.9 Å². The van der Waals surface area contributed by atoms with Gasteiger partial charge in [-0.3, -0.25) is 4.98 Å². The van der Waals surface area contributed by atoms with Gasteiger partial charge in [-0.2, -0.15) is 11.8 Å². The molecule has 2 aromatic rings. The van der Waals surface area contributed by atoms with Crippen molar-refractivity contribution in [2.75, 3.05) is 11.5 Å². The Hall–Kier alpha value is -1.06. The summed E-state index contributed by atoms with van der Waals surface area (Å²) in [6.07, 6.45) is 2.66. The molecule has 3 heteroatoms. The molecule has 0 spiro atoms. The highest BCUT2D eigenvalue weighted by Gasteiger charge is 2.25. The monoisotopic (exact) mass is 245 g/mol. The number of hydrogen-bond acceptors (Lipinski definition) is 3. The molecule has 1 aliphatic heterocycles. The van der Waals surface area contributed by atoms with Crippen molar-refractivity contribution in [3.05, 3.63) is 42.1 Å². The van der Waals surface area contributed by atoms with Gasteiger partial charge in [0.25, 0.3) is 0 Å². The molecule has 88 valence electrons. The van der Waals surface area contributed by atoms with Gasteiger partial charge in [0, 0.05) is 17.3 Å². The smallest absolute Gasteiger partial charge is 0.0702 e. The number of nitrogens with zero attached hydrogens (tertiary/aromatic N) is 1. The number of aliphatic hydroxyl groups is 1. The van der Waals surface area contributed by atoms with Gasteiger partial charge in [0.1, 0.15) is 0 Å². The fourth-order valence-electron chi connectivity index (χ4n) is 2.34. The quantitative estimate of drug-likeness (QED) is 0.882. The van der Waals surface area contributed by atoms with E-state index in [4.69, 9.17) is 0 Å². The Morgan fingerprint density at radius 2 is 2.24 bits per heavy atom. The van der Waals surface area contributed by atoms with Crippen LogP contribution in [-0.4, -0.2) is 27.7 Å². The highest BCUT2D eigenvalue weighted by molar-refractivity contribution is 7.99. The lowest BCUT2D eigenvalue weighted by Gasteiger charge is -2.13. The summed E-state index contributed by atoms with van der Waals surface area (Å²) in [7, 11) is 0. The number of rotatable bonds is 2. The normalized spacial score (nSPS) is 24.3. The van der Waals surface area contributed by atoms with E-state index >= 15 is 0 Å². The first-order valence-corrected chi connectivity index (χ1v) is 7.08. The lowest BCUT2D eigenvalue weighted by molar-refractivity contribution is 0.150. The zero-order valence-electron chi connectivity index (χ0n) is 9.54. The average Bonchev–Trinajstić information content (AvgIpc) is 2.75. The molecule has 1 N–H and O–H groups in total. The average molecular weight is 245 g/mol. The molecule has 0 bridgehead atoms. The van der Waals surface area contributed by atoms with Crippen molar-refractivity contribution in [2.24, 2.45) is 5.92 Å². The number of hydrogen-bond donors (Lipinski definition) is 1. The van der Waals surface area contributed by atoms with Crippen LogP contribution >= 0.6 is 11.8 Å². The molecule has 0 amide bonds. The van der Waals surface area contributed by atoms with Crippen molar-refractivity contribution in [3.8, 4) is 0 Å². The lowest BCUT2D eigenvalue weighted by atomic mass is 9.96. The molecule has 1 fully saturated rings. The molecule has 0 aliphatic carbocycles. The minimum absolute atomic E-state index is 0.135. The van der Waals surface area contributed by atoms with Gasteiger partial charge < -0.3 is 5.11 Å². The van der Waals surface area contributed by atoms with Crippen LogP contribution in [0.1, 0.15) is 5.56 Å². The number of pyridine rings is 1. The van der Waals surface area contributed by atoms with Crippen LogP contribution in [0.5, 0.6) is 0 Å².